The quantitative estimate of drug-likeness (QED) is 0.526. The molecular formula is C25H27NO3. The van der Waals surface area contributed by atoms with Crippen LogP contribution in [-0.4, -0.2) is 25.4 Å². The minimum Gasteiger partial charge on any atom is -0.508 e. The molecule has 0 amide bonds. The molecule has 3 aromatic rings. The smallest absolute Gasteiger partial charge is 0.130 e. The molecule has 3 rings (SSSR count). The molecule has 0 saturated heterocycles. The molecule has 0 atom stereocenters. The van der Waals surface area contributed by atoms with E-state index in [0.29, 0.717) is 18.9 Å². The van der Waals surface area contributed by atoms with Gasteiger partial charge in [0.1, 0.15) is 23.9 Å². The number of aromatic hydroxyl groups is 1. The van der Waals surface area contributed by atoms with Crippen LogP contribution in [0.2, 0.25) is 0 Å². The van der Waals surface area contributed by atoms with Crippen LogP contribution in [0.1, 0.15) is 30.0 Å². The molecule has 3 N–H and O–H groups in total. The predicted molar refractivity (Wildman–Crippen MR) is 118 cm³/mol. The van der Waals surface area contributed by atoms with Crippen molar-refractivity contribution in [2.24, 2.45) is 5.73 Å². The van der Waals surface area contributed by atoms with Crippen molar-refractivity contribution in [3.8, 4) is 17.2 Å². The summed E-state index contributed by atoms with van der Waals surface area (Å²) in [6, 6.07) is 23.6. The zero-order valence-electron chi connectivity index (χ0n) is 16.9. The highest BCUT2D eigenvalue weighted by molar-refractivity contribution is 6.00. The van der Waals surface area contributed by atoms with Crippen LogP contribution in [0, 0.1) is 0 Å². The van der Waals surface area contributed by atoms with E-state index in [1.54, 1.807) is 19.2 Å². The number of phenols is 1. The molecular weight excluding hydrogens is 362 g/mol. The molecule has 150 valence electrons. The van der Waals surface area contributed by atoms with E-state index in [9.17, 15) is 5.11 Å². The predicted octanol–water partition coefficient (Wildman–Crippen LogP) is 5.11. The van der Waals surface area contributed by atoms with Crippen molar-refractivity contribution in [2.45, 2.75) is 13.3 Å². The summed E-state index contributed by atoms with van der Waals surface area (Å²) in [7, 11) is 1.62. The molecule has 0 spiro atoms. The molecule has 4 heteroatoms. The van der Waals surface area contributed by atoms with Crippen LogP contribution in [0.15, 0.2) is 72.8 Å². The van der Waals surface area contributed by atoms with Crippen molar-refractivity contribution in [3.63, 3.8) is 0 Å². The minimum atomic E-state index is 0.174. The summed E-state index contributed by atoms with van der Waals surface area (Å²) in [5.41, 5.74) is 10.9. The van der Waals surface area contributed by atoms with Crippen LogP contribution >= 0.6 is 0 Å². The fraction of sp³-hybridized carbons (Fsp3) is 0.200. The summed E-state index contributed by atoms with van der Waals surface area (Å²) in [6.45, 7) is 3.11. The van der Waals surface area contributed by atoms with Crippen molar-refractivity contribution in [2.75, 3.05) is 20.3 Å². The Bertz CT molecular complexity index is 963. The normalized spacial score (nSPS) is 11.7. The second-order valence-corrected chi connectivity index (χ2v) is 6.62. The van der Waals surface area contributed by atoms with E-state index in [1.165, 1.54) is 5.57 Å². The Balaban J connectivity index is 2.21. The number of nitrogens with two attached hydrogens (primary N) is 1. The maximum Gasteiger partial charge on any atom is 0.130 e. The number of benzene rings is 3. The summed E-state index contributed by atoms with van der Waals surface area (Å²) < 4.78 is 11.2. The third kappa shape index (κ3) is 4.79. The van der Waals surface area contributed by atoms with E-state index in [-0.39, 0.29) is 5.75 Å². The van der Waals surface area contributed by atoms with Gasteiger partial charge in [0.25, 0.3) is 0 Å². The van der Waals surface area contributed by atoms with Crippen LogP contribution in [-0.2, 0) is 0 Å². The summed E-state index contributed by atoms with van der Waals surface area (Å²) in [5, 5.41) is 9.93. The molecule has 0 saturated carbocycles. The van der Waals surface area contributed by atoms with Gasteiger partial charge < -0.3 is 20.3 Å². The van der Waals surface area contributed by atoms with Crippen molar-refractivity contribution >= 4 is 11.1 Å². The standard InChI is InChI=1S/C25H27NO3/c1-3-22(18-7-5-4-6-8-18)25(23-14-11-20(27)17-24(23)28-2)19-9-12-21(13-10-19)29-16-15-26/h4-14,17,27H,3,15-16,26H2,1-2H3/b25-22+. The van der Waals surface area contributed by atoms with Gasteiger partial charge >= 0.3 is 0 Å². The van der Waals surface area contributed by atoms with Gasteiger partial charge in [-0.1, -0.05) is 49.4 Å². The third-order valence-corrected chi connectivity index (χ3v) is 4.76. The molecule has 0 aliphatic heterocycles. The van der Waals surface area contributed by atoms with E-state index in [2.05, 4.69) is 19.1 Å². The number of phenolic OH excluding ortho intramolecular Hbond substituents is 1. The molecule has 0 fully saturated rings. The minimum absolute atomic E-state index is 0.174. The van der Waals surface area contributed by atoms with Crippen molar-refractivity contribution in [3.05, 3.63) is 89.5 Å². The first-order valence-electron chi connectivity index (χ1n) is 9.77. The van der Waals surface area contributed by atoms with E-state index >= 15 is 0 Å². The van der Waals surface area contributed by atoms with E-state index in [0.717, 1.165) is 34.4 Å². The summed E-state index contributed by atoms with van der Waals surface area (Å²) >= 11 is 0. The van der Waals surface area contributed by atoms with E-state index in [1.807, 2.05) is 48.5 Å². The van der Waals surface area contributed by atoms with Crippen LogP contribution in [0.3, 0.4) is 0 Å². The van der Waals surface area contributed by atoms with Gasteiger partial charge in [0, 0.05) is 18.2 Å². The number of hydrogen-bond acceptors (Lipinski definition) is 4. The Kier molecular flexibility index (Phi) is 6.93. The molecule has 4 nitrogen and oxygen atoms in total. The number of rotatable bonds is 8. The monoisotopic (exact) mass is 389 g/mol. The lowest BCUT2D eigenvalue weighted by atomic mass is 9.87. The highest BCUT2D eigenvalue weighted by atomic mass is 16.5. The average molecular weight is 389 g/mol. The topological polar surface area (TPSA) is 64.7 Å². The molecule has 0 bridgehead atoms. The first-order chi connectivity index (χ1) is 14.2. The van der Waals surface area contributed by atoms with Crippen molar-refractivity contribution in [1.29, 1.82) is 0 Å². The van der Waals surface area contributed by atoms with Crippen LogP contribution in [0.4, 0.5) is 0 Å². The highest BCUT2D eigenvalue weighted by Gasteiger charge is 2.17. The van der Waals surface area contributed by atoms with Gasteiger partial charge in [-0.05, 0) is 53.0 Å². The number of allylic oxidation sites excluding steroid dienone is 1. The van der Waals surface area contributed by atoms with Gasteiger partial charge in [-0.15, -0.1) is 0 Å². The average Bonchev–Trinajstić information content (AvgIpc) is 2.77. The second kappa shape index (κ2) is 9.80. The lowest BCUT2D eigenvalue weighted by molar-refractivity contribution is 0.328. The molecule has 3 aromatic carbocycles. The molecule has 0 radical (unpaired) electrons. The Morgan fingerprint density at radius 2 is 1.66 bits per heavy atom. The molecule has 29 heavy (non-hydrogen) atoms. The van der Waals surface area contributed by atoms with Gasteiger partial charge in [-0.2, -0.15) is 0 Å². The summed E-state index contributed by atoms with van der Waals surface area (Å²) in [6.07, 6.45) is 0.842. The zero-order valence-corrected chi connectivity index (χ0v) is 16.9. The first kappa shape index (κ1) is 20.5. The lowest BCUT2D eigenvalue weighted by Gasteiger charge is -2.19. The fourth-order valence-electron chi connectivity index (χ4n) is 3.44. The highest BCUT2D eigenvalue weighted by Crippen LogP contribution is 2.40. The molecule has 0 aliphatic rings. The van der Waals surface area contributed by atoms with Gasteiger partial charge in [0.05, 0.1) is 7.11 Å². The second-order valence-electron chi connectivity index (χ2n) is 6.62. The van der Waals surface area contributed by atoms with Gasteiger partial charge in [-0.25, -0.2) is 0 Å². The Morgan fingerprint density at radius 3 is 2.28 bits per heavy atom. The maximum atomic E-state index is 9.93. The van der Waals surface area contributed by atoms with Gasteiger partial charge in [0.15, 0.2) is 0 Å². The lowest BCUT2D eigenvalue weighted by Crippen LogP contribution is -2.10. The fourth-order valence-corrected chi connectivity index (χ4v) is 3.44. The summed E-state index contributed by atoms with van der Waals surface area (Å²) in [4.78, 5) is 0. The maximum absolute atomic E-state index is 9.93. The number of methoxy groups -OCH3 is 1. The van der Waals surface area contributed by atoms with Crippen molar-refractivity contribution in [1.82, 2.24) is 0 Å². The first-order valence-corrected chi connectivity index (χ1v) is 9.77. The van der Waals surface area contributed by atoms with Crippen LogP contribution < -0.4 is 15.2 Å². The molecule has 0 unspecified atom stereocenters. The number of hydrogen-bond donors (Lipinski definition) is 2. The Labute approximate surface area is 172 Å². The number of ether oxygens (including phenoxy) is 2. The largest absolute Gasteiger partial charge is 0.508 e. The third-order valence-electron chi connectivity index (χ3n) is 4.76. The van der Waals surface area contributed by atoms with Gasteiger partial charge in [0.2, 0.25) is 0 Å². The van der Waals surface area contributed by atoms with E-state index < -0.39 is 0 Å². The summed E-state index contributed by atoms with van der Waals surface area (Å²) in [5.74, 6) is 1.59. The molecule has 0 heterocycles. The Hall–Kier alpha value is -3.24. The molecule has 0 aromatic heterocycles. The molecule has 0 aliphatic carbocycles. The SMILES string of the molecule is CC/C(=C(/c1ccc(OCCN)cc1)c1ccc(O)cc1OC)c1ccccc1. The van der Waals surface area contributed by atoms with Crippen molar-refractivity contribution < 1.29 is 14.6 Å². The van der Waals surface area contributed by atoms with Crippen LogP contribution in [0.5, 0.6) is 17.2 Å². The van der Waals surface area contributed by atoms with E-state index in [4.69, 9.17) is 15.2 Å². The van der Waals surface area contributed by atoms with Gasteiger partial charge in [-0.3, -0.25) is 0 Å². The zero-order chi connectivity index (χ0) is 20.6. The van der Waals surface area contributed by atoms with Crippen LogP contribution in [0.25, 0.3) is 11.1 Å². The Morgan fingerprint density at radius 1 is 0.931 bits per heavy atom.